The molecule has 104 valence electrons. The molecule has 2 N–H and O–H groups in total. The van der Waals surface area contributed by atoms with E-state index in [0.29, 0.717) is 31.5 Å². The van der Waals surface area contributed by atoms with Crippen molar-refractivity contribution in [3.63, 3.8) is 0 Å². The lowest BCUT2D eigenvalue weighted by atomic mass is 10.0. The Morgan fingerprint density at radius 1 is 1.39 bits per heavy atom. The zero-order valence-corrected chi connectivity index (χ0v) is 12.0. The second-order valence-electron chi connectivity index (χ2n) is 5.23. The fourth-order valence-electron chi connectivity index (χ4n) is 1.79. The van der Waals surface area contributed by atoms with Crippen LogP contribution < -0.4 is 10.6 Å². The van der Waals surface area contributed by atoms with Gasteiger partial charge in [-0.05, 0) is 26.4 Å². The number of carbonyl (C=O) groups is 1. The van der Waals surface area contributed by atoms with Crippen molar-refractivity contribution in [3.05, 3.63) is 0 Å². The minimum atomic E-state index is -0.0437. The molecule has 5 nitrogen and oxygen atoms in total. The van der Waals surface area contributed by atoms with E-state index in [1.165, 1.54) is 0 Å². The number of hydrogen-bond acceptors (Lipinski definition) is 4. The van der Waals surface area contributed by atoms with Crippen molar-refractivity contribution in [2.75, 3.05) is 33.7 Å². The molecule has 0 bridgehead atoms. The average Bonchev–Trinajstić information content (AvgIpc) is 2.25. The van der Waals surface area contributed by atoms with Gasteiger partial charge in [0.15, 0.2) is 0 Å². The number of hydrogen-bond donors (Lipinski definition) is 2. The van der Waals surface area contributed by atoms with Crippen LogP contribution in [0.1, 0.15) is 26.7 Å². The van der Waals surface area contributed by atoms with Crippen LogP contribution in [0.5, 0.6) is 0 Å². The molecule has 0 aliphatic heterocycles. The molecule has 0 saturated carbocycles. The minimum absolute atomic E-state index is 0.0437. The average molecular weight is 254 g/mol. The maximum atomic E-state index is 11.5. The van der Waals surface area contributed by atoms with Crippen molar-refractivity contribution in [3.8, 4) is 6.07 Å². The highest BCUT2D eigenvalue weighted by Crippen LogP contribution is 2.05. The molecule has 0 fully saturated rings. The molecular weight excluding hydrogens is 228 g/mol. The Morgan fingerprint density at radius 3 is 2.56 bits per heavy atom. The van der Waals surface area contributed by atoms with Crippen molar-refractivity contribution in [1.82, 2.24) is 15.5 Å². The normalized spacial score (nSPS) is 12.5. The molecule has 1 unspecified atom stereocenters. The molecule has 0 saturated heterocycles. The Hall–Kier alpha value is -1.12. The molecule has 0 radical (unpaired) electrons. The molecule has 1 atom stereocenters. The van der Waals surface area contributed by atoms with Gasteiger partial charge in [0.05, 0.1) is 19.0 Å². The van der Waals surface area contributed by atoms with E-state index >= 15 is 0 Å². The van der Waals surface area contributed by atoms with Crippen LogP contribution in [-0.2, 0) is 4.79 Å². The van der Waals surface area contributed by atoms with Gasteiger partial charge in [-0.1, -0.05) is 13.8 Å². The van der Waals surface area contributed by atoms with Crippen LogP contribution in [0.25, 0.3) is 0 Å². The van der Waals surface area contributed by atoms with Crippen LogP contribution in [0.4, 0.5) is 0 Å². The van der Waals surface area contributed by atoms with E-state index < -0.39 is 0 Å². The first-order valence-electron chi connectivity index (χ1n) is 6.47. The van der Waals surface area contributed by atoms with Crippen LogP contribution in [0.15, 0.2) is 0 Å². The number of amides is 1. The maximum Gasteiger partial charge on any atom is 0.233 e. The lowest BCUT2D eigenvalue weighted by molar-refractivity contribution is -0.120. The Kier molecular flexibility index (Phi) is 9.25. The van der Waals surface area contributed by atoms with E-state index in [2.05, 4.69) is 29.4 Å². The van der Waals surface area contributed by atoms with Crippen molar-refractivity contribution in [2.24, 2.45) is 5.92 Å². The Balaban J connectivity index is 3.94. The summed E-state index contributed by atoms with van der Waals surface area (Å²) in [7, 11) is 4.06. The Bertz CT molecular complexity index is 261. The second kappa shape index (κ2) is 9.86. The highest BCUT2D eigenvalue weighted by molar-refractivity contribution is 5.77. The highest BCUT2D eigenvalue weighted by Gasteiger charge is 2.12. The van der Waals surface area contributed by atoms with Gasteiger partial charge in [-0.15, -0.1) is 0 Å². The van der Waals surface area contributed by atoms with Crippen LogP contribution in [0, 0.1) is 17.2 Å². The van der Waals surface area contributed by atoms with Crippen molar-refractivity contribution < 1.29 is 4.79 Å². The summed E-state index contributed by atoms with van der Waals surface area (Å²) in [5.41, 5.74) is 0. The first-order valence-corrected chi connectivity index (χ1v) is 6.47. The predicted octanol–water partition coefficient (Wildman–Crippen LogP) is 0.582. The molecule has 0 aliphatic rings. The summed E-state index contributed by atoms with van der Waals surface area (Å²) in [6, 6.07) is 2.32. The molecule has 1 amide bonds. The van der Waals surface area contributed by atoms with Crippen molar-refractivity contribution in [1.29, 1.82) is 5.26 Å². The maximum absolute atomic E-state index is 11.5. The van der Waals surface area contributed by atoms with E-state index in [1.807, 2.05) is 20.2 Å². The number of likely N-dealkylation sites (N-methyl/N-ethyl adjacent to an activating group) is 1. The van der Waals surface area contributed by atoms with Gasteiger partial charge in [0.2, 0.25) is 5.91 Å². The second-order valence-corrected chi connectivity index (χ2v) is 5.23. The summed E-state index contributed by atoms with van der Waals surface area (Å²) in [5, 5.41) is 14.4. The fourth-order valence-corrected chi connectivity index (χ4v) is 1.79. The number of nitrogens with one attached hydrogen (secondary N) is 2. The summed E-state index contributed by atoms with van der Waals surface area (Å²) in [5.74, 6) is 0.557. The molecule has 0 rings (SSSR count). The molecule has 0 spiro atoms. The minimum Gasteiger partial charge on any atom is -0.354 e. The third kappa shape index (κ3) is 10.1. The number of rotatable bonds is 9. The van der Waals surface area contributed by atoms with Crippen LogP contribution >= 0.6 is 0 Å². The summed E-state index contributed by atoms with van der Waals surface area (Å²) in [4.78, 5) is 13.6. The fraction of sp³-hybridized carbons (Fsp3) is 0.846. The van der Waals surface area contributed by atoms with Gasteiger partial charge in [-0.2, -0.15) is 5.26 Å². The lowest BCUT2D eigenvalue weighted by Crippen LogP contribution is -2.44. The molecule has 0 aromatic heterocycles. The SMILES string of the molecule is CC(C)CC(CN(C)C)NCC(=O)NCCC#N. The topological polar surface area (TPSA) is 68.2 Å². The van der Waals surface area contributed by atoms with Crippen LogP contribution in [-0.4, -0.2) is 50.6 Å². The summed E-state index contributed by atoms with van der Waals surface area (Å²) in [6.45, 7) is 6.02. The van der Waals surface area contributed by atoms with E-state index in [1.54, 1.807) is 0 Å². The third-order valence-corrected chi connectivity index (χ3v) is 2.45. The number of nitriles is 1. The smallest absolute Gasteiger partial charge is 0.233 e. The lowest BCUT2D eigenvalue weighted by Gasteiger charge is -2.23. The number of nitrogens with zero attached hydrogens (tertiary/aromatic N) is 2. The first-order chi connectivity index (χ1) is 8.45. The van der Waals surface area contributed by atoms with Gasteiger partial charge in [0, 0.05) is 19.1 Å². The van der Waals surface area contributed by atoms with Gasteiger partial charge in [0.1, 0.15) is 0 Å². The largest absolute Gasteiger partial charge is 0.354 e. The predicted molar refractivity (Wildman–Crippen MR) is 73.0 cm³/mol. The highest BCUT2D eigenvalue weighted by atomic mass is 16.1. The molecular formula is C13H26N4O. The van der Waals surface area contributed by atoms with Crippen molar-refractivity contribution in [2.45, 2.75) is 32.7 Å². The molecule has 0 aromatic carbocycles. The molecule has 0 aromatic rings. The first kappa shape index (κ1) is 16.9. The Morgan fingerprint density at radius 2 is 2.06 bits per heavy atom. The van der Waals surface area contributed by atoms with E-state index in [4.69, 9.17) is 5.26 Å². The third-order valence-electron chi connectivity index (χ3n) is 2.45. The number of carbonyl (C=O) groups excluding carboxylic acids is 1. The summed E-state index contributed by atoms with van der Waals surface area (Å²) >= 11 is 0. The van der Waals surface area contributed by atoms with E-state index in [9.17, 15) is 4.79 Å². The monoisotopic (exact) mass is 254 g/mol. The van der Waals surface area contributed by atoms with Crippen LogP contribution in [0.3, 0.4) is 0 Å². The van der Waals surface area contributed by atoms with Crippen LogP contribution in [0.2, 0.25) is 0 Å². The van der Waals surface area contributed by atoms with Gasteiger partial charge >= 0.3 is 0 Å². The summed E-state index contributed by atoms with van der Waals surface area (Å²) in [6.07, 6.45) is 1.41. The Labute approximate surface area is 111 Å². The van der Waals surface area contributed by atoms with Gasteiger partial charge < -0.3 is 15.5 Å². The quantitative estimate of drug-likeness (QED) is 0.591. The molecule has 0 aliphatic carbocycles. The zero-order chi connectivity index (χ0) is 14.0. The van der Waals surface area contributed by atoms with Gasteiger partial charge in [-0.3, -0.25) is 4.79 Å². The van der Waals surface area contributed by atoms with Gasteiger partial charge in [0.25, 0.3) is 0 Å². The standard InChI is InChI=1S/C13H26N4O/c1-11(2)8-12(10-17(3)4)16-9-13(18)15-7-5-6-14/h11-12,16H,5,7-10H2,1-4H3,(H,15,18). The van der Waals surface area contributed by atoms with E-state index in [0.717, 1.165) is 13.0 Å². The summed E-state index contributed by atoms with van der Waals surface area (Å²) < 4.78 is 0. The van der Waals surface area contributed by atoms with Crippen molar-refractivity contribution >= 4 is 5.91 Å². The van der Waals surface area contributed by atoms with Gasteiger partial charge in [-0.25, -0.2) is 0 Å². The molecule has 5 heteroatoms. The molecule has 18 heavy (non-hydrogen) atoms. The van der Waals surface area contributed by atoms with E-state index in [-0.39, 0.29) is 5.91 Å². The molecule has 0 heterocycles. The zero-order valence-electron chi connectivity index (χ0n) is 12.0.